The number of anilines is 1. The van der Waals surface area contributed by atoms with E-state index in [1.54, 1.807) is 4.90 Å². The lowest BCUT2D eigenvalue weighted by atomic mass is 10.00. The minimum absolute atomic E-state index is 0.112. The highest BCUT2D eigenvalue weighted by molar-refractivity contribution is 5.95. The fourth-order valence-corrected chi connectivity index (χ4v) is 2.53. The third kappa shape index (κ3) is 2.56. The number of benzene rings is 1. The zero-order valence-electron chi connectivity index (χ0n) is 11.4. The highest BCUT2D eigenvalue weighted by Crippen LogP contribution is 2.22. The first-order valence-corrected chi connectivity index (χ1v) is 6.73. The molecule has 1 amide bonds. The number of rotatable bonds is 3. The van der Waals surface area contributed by atoms with Crippen LogP contribution in [-0.2, 0) is 11.2 Å². The molecule has 1 aromatic carbocycles. The summed E-state index contributed by atoms with van der Waals surface area (Å²) in [6.45, 7) is 5.17. The Balaban J connectivity index is 2.09. The first-order valence-electron chi connectivity index (χ1n) is 6.73. The van der Waals surface area contributed by atoms with Crippen LogP contribution in [0.25, 0.3) is 0 Å². The van der Waals surface area contributed by atoms with Crippen LogP contribution in [0.4, 0.5) is 5.69 Å². The second kappa shape index (κ2) is 5.53. The molecule has 0 aliphatic carbocycles. The highest BCUT2D eigenvalue weighted by Gasteiger charge is 2.31. The molecule has 1 aliphatic heterocycles. The van der Waals surface area contributed by atoms with Crippen molar-refractivity contribution in [2.24, 2.45) is 5.92 Å². The smallest absolute Gasteiger partial charge is 0.231 e. The molecule has 0 bridgehead atoms. The number of nitrogens with one attached hydrogen (secondary N) is 1. The molecule has 0 saturated carbocycles. The van der Waals surface area contributed by atoms with Gasteiger partial charge in [0.1, 0.15) is 0 Å². The van der Waals surface area contributed by atoms with Crippen molar-refractivity contribution in [2.75, 3.05) is 18.5 Å². The topological polar surface area (TPSA) is 32.3 Å². The molecule has 0 radical (unpaired) electrons. The molecule has 98 valence electrons. The summed E-state index contributed by atoms with van der Waals surface area (Å²) in [5, 5.41) is 3.33. The number of carbonyl (C=O) groups is 1. The Kier molecular flexibility index (Phi) is 4.02. The molecule has 1 heterocycles. The lowest BCUT2D eigenvalue weighted by Gasteiger charge is -2.23. The van der Waals surface area contributed by atoms with Crippen molar-refractivity contribution in [3.63, 3.8) is 0 Å². The Morgan fingerprint density at radius 1 is 1.39 bits per heavy atom. The van der Waals surface area contributed by atoms with Crippen LogP contribution in [0.15, 0.2) is 24.3 Å². The van der Waals surface area contributed by atoms with Crippen molar-refractivity contribution < 1.29 is 4.79 Å². The van der Waals surface area contributed by atoms with Crippen molar-refractivity contribution in [1.29, 1.82) is 0 Å². The Hall–Kier alpha value is -1.35. The molecule has 1 aliphatic rings. The van der Waals surface area contributed by atoms with Crippen molar-refractivity contribution >= 4 is 11.6 Å². The molecular weight excluding hydrogens is 224 g/mol. The predicted octanol–water partition coefficient (Wildman–Crippen LogP) is 2.21. The van der Waals surface area contributed by atoms with Crippen molar-refractivity contribution in [2.45, 2.75) is 32.7 Å². The van der Waals surface area contributed by atoms with Gasteiger partial charge in [0, 0.05) is 18.8 Å². The molecule has 1 saturated heterocycles. The van der Waals surface area contributed by atoms with E-state index in [1.807, 2.05) is 19.2 Å². The Labute approximate surface area is 109 Å². The van der Waals surface area contributed by atoms with Gasteiger partial charge in [-0.15, -0.1) is 0 Å². The van der Waals surface area contributed by atoms with Crippen molar-refractivity contribution in [3.8, 4) is 0 Å². The van der Waals surface area contributed by atoms with Gasteiger partial charge in [-0.3, -0.25) is 4.79 Å². The summed E-state index contributed by atoms with van der Waals surface area (Å²) in [5.74, 6) is 0.331. The zero-order chi connectivity index (χ0) is 13.1. The lowest BCUT2D eigenvalue weighted by Crippen LogP contribution is -2.38. The van der Waals surface area contributed by atoms with E-state index in [-0.39, 0.29) is 17.9 Å². The summed E-state index contributed by atoms with van der Waals surface area (Å²) < 4.78 is 0. The maximum absolute atomic E-state index is 12.4. The average molecular weight is 246 g/mol. The molecule has 18 heavy (non-hydrogen) atoms. The number of carbonyl (C=O) groups excluding carboxylic acids is 1. The van der Waals surface area contributed by atoms with Gasteiger partial charge in [0.05, 0.1) is 5.92 Å². The predicted molar refractivity (Wildman–Crippen MR) is 74.8 cm³/mol. The molecule has 0 aromatic heterocycles. The summed E-state index contributed by atoms with van der Waals surface area (Å²) >= 11 is 0. The van der Waals surface area contributed by atoms with E-state index in [4.69, 9.17) is 0 Å². The van der Waals surface area contributed by atoms with Gasteiger partial charge in [-0.05, 0) is 44.0 Å². The van der Waals surface area contributed by atoms with Crippen LogP contribution in [0, 0.1) is 5.92 Å². The number of hydrogen-bond donors (Lipinski definition) is 1. The third-order valence-electron chi connectivity index (χ3n) is 3.90. The van der Waals surface area contributed by atoms with Crippen molar-refractivity contribution in [3.05, 3.63) is 29.8 Å². The first-order chi connectivity index (χ1) is 8.63. The fraction of sp³-hybridized carbons (Fsp3) is 0.533. The molecule has 1 aromatic rings. The van der Waals surface area contributed by atoms with Gasteiger partial charge in [0.15, 0.2) is 0 Å². The molecule has 2 rings (SSSR count). The summed E-state index contributed by atoms with van der Waals surface area (Å²) in [6, 6.07) is 8.54. The SMILES string of the molecule is CCc1ccc(N(C)C(=O)C2CCNC2C)cc1. The Morgan fingerprint density at radius 2 is 2.06 bits per heavy atom. The zero-order valence-corrected chi connectivity index (χ0v) is 11.4. The van der Waals surface area contributed by atoms with E-state index < -0.39 is 0 Å². The van der Waals surface area contributed by atoms with Crippen LogP contribution in [0.3, 0.4) is 0 Å². The summed E-state index contributed by atoms with van der Waals surface area (Å²) in [6.07, 6.45) is 1.97. The Morgan fingerprint density at radius 3 is 2.56 bits per heavy atom. The second-order valence-electron chi connectivity index (χ2n) is 5.06. The molecule has 1 fully saturated rings. The number of hydrogen-bond acceptors (Lipinski definition) is 2. The highest BCUT2D eigenvalue weighted by atomic mass is 16.2. The van der Waals surface area contributed by atoms with Crippen molar-refractivity contribution in [1.82, 2.24) is 5.32 Å². The second-order valence-corrected chi connectivity index (χ2v) is 5.06. The summed E-state index contributed by atoms with van der Waals surface area (Å²) in [5.41, 5.74) is 2.28. The van der Waals surface area contributed by atoms with Gasteiger partial charge in [0.25, 0.3) is 0 Å². The van der Waals surface area contributed by atoms with Gasteiger partial charge in [0.2, 0.25) is 5.91 Å². The van der Waals surface area contributed by atoms with E-state index in [0.29, 0.717) is 0 Å². The normalized spacial score (nSPS) is 23.1. The minimum Gasteiger partial charge on any atom is -0.315 e. The molecule has 2 unspecified atom stereocenters. The summed E-state index contributed by atoms with van der Waals surface area (Å²) in [7, 11) is 1.87. The van der Waals surface area contributed by atoms with Gasteiger partial charge < -0.3 is 10.2 Å². The van der Waals surface area contributed by atoms with Crippen LogP contribution >= 0.6 is 0 Å². The fourth-order valence-electron chi connectivity index (χ4n) is 2.53. The van der Waals surface area contributed by atoms with Crippen LogP contribution in [-0.4, -0.2) is 25.5 Å². The van der Waals surface area contributed by atoms with E-state index in [2.05, 4.69) is 31.3 Å². The molecule has 3 nitrogen and oxygen atoms in total. The molecule has 3 heteroatoms. The number of nitrogens with zero attached hydrogens (tertiary/aromatic N) is 1. The van der Waals surface area contributed by atoms with E-state index in [0.717, 1.165) is 25.1 Å². The van der Waals surface area contributed by atoms with Crippen LogP contribution < -0.4 is 10.2 Å². The monoisotopic (exact) mass is 246 g/mol. The third-order valence-corrected chi connectivity index (χ3v) is 3.90. The van der Waals surface area contributed by atoms with Crippen LogP contribution in [0.2, 0.25) is 0 Å². The maximum atomic E-state index is 12.4. The quantitative estimate of drug-likeness (QED) is 0.887. The van der Waals surface area contributed by atoms with E-state index >= 15 is 0 Å². The summed E-state index contributed by atoms with van der Waals surface area (Å²) in [4.78, 5) is 14.2. The van der Waals surface area contributed by atoms with Gasteiger partial charge >= 0.3 is 0 Å². The number of amides is 1. The van der Waals surface area contributed by atoms with Crippen LogP contribution in [0.5, 0.6) is 0 Å². The minimum atomic E-state index is 0.112. The molecule has 1 N–H and O–H groups in total. The average Bonchev–Trinajstić information content (AvgIpc) is 2.83. The van der Waals surface area contributed by atoms with Gasteiger partial charge in [-0.2, -0.15) is 0 Å². The standard InChI is InChI=1S/C15H22N2O/c1-4-12-5-7-13(8-6-12)17(3)15(18)14-9-10-16-11(14)2/h5-8,11,14,16H,4,9-10H2,1-3H3. The first kappa shape index (κ1) is 13.1. The lowest BCUT2D eigenvalue weighted by molar-refractivity contribution is -0.122. The van der Waals surface area contributed by atoms with Crippen LogP contribution in [0.1, 0.15) is 25.8 Å². The molecular formula is C15H22N2O. The Bertz CT molecular complexity index is 413. The maximum Gasteiger partial charge on any atom is 0.231 e. The van der Waals surface area contributed by atoms with Gasteiger partial charge in [-0.25, -0.2) is 0 Å². The van der Waals surface area contributed by atoms with Gasteiger partial charge in [-0.1, -0.05) is 19.1 Å². The molecule has 0 spiro atoms. The van der Waals surface area contributed by atoms with E-state index in [9.17, 15) is 4.79 Å². The number of aryl methyl sites for hydroxylation is 1. The largest absolute Gasteiger partial charge is 0.315 e. The van der Waals surface area contributed by atoms with E-state index in [1.165, 1.54) is 5.56 Å². The molecule has 2 atom stereocenters.